The van der Waals surface area contributed by atoms with Gasteiger partial charge in [-0.15, -0.1) is 0 Å². The summed E-state index contributed by atoms with van der Waals surface area (Å²) in [4.78, 5) is 0. The van der Waals surface area contributed by atoms with Gasteiger partial charge in [0.1, 0.15) is 0 Å². The maximum atomic E-state index is 2.44. The van der Waals surface area contributed by atoms with Crippen LogP contribution in [0.25, 0.3) is 0 Å². The van der Waals surface area contributed by atoms with Gasteiger partial charge in [-0.05, 0) is 30.6 Å². The van der Waals surface area contributed by atoms with Crippen molar-refractivity contribution in [1.29, 1.82) is 0 Å². The first-order chi connectivity index (χ1) is 7.08. The summed E-state index contributed by atoms with van der Waals surface area (Å²) < 4.78 is 0. The van der Waals surface area contributed by atoms with Gasteiger partial charge in [0.05, 0.1) is 0 Å². The van der Waals surface area contributed by atoms with Gasteiger partial charge in [0.25, 0.3) is 0 Å². The second-order valence-corrected chi connectivity index (χ2v) is 5.44. The van der Waals surface area contributed by atoms with E-state index in [9.17, 15) is 0 Å². The molecule has 0 aromatic heterocycles. The average molecular weight is 211 g/mol. The third kappa shape index (κ3) is 6.22. The normalized spacial score (nSPS) is 12.4. The minimum Gasteiger partial charge on any atom is -0.0654 e. The zero-order valence-electron chi connectivity index (χ0n) is 11.7. The fourth-order valence-electron chi connectivity index (χ4n) is 2.38. The Morgan fingerprint density at radius 3 is 1.60 bits per heavy atom. The van der Waals surface area contributed by atoms with Crippen LogP contribution in [0, 0.1) is 11.3 Å². The number of rotatable bonds is 9. The van der Waals surface area contributed by atoms with Gasteiger partial charge in [0.15, 0.2) is 0 Å². The Bertz CT molecular complexity index is 127. The molecule has 0 rings (SSSR count). The molecule has 0 aromatic carbocycles. The molecule has 0 aliphatic rings. The predicted molar refractivity (Wildman–Crippen MR) is 71.0 cm³/mol. The van der Waals surface area contributed by atoms with Crippen LogP contribution in [0.15, 0.2) is 0 Å². The number of hydrogen-bond acceptors (Lipinski definition) is 0. The second kappa shape index (κ2) is 8.19. The van der Waals surface area contributed by atoms with Gasteiger partial charge in [0, 0.05) is 0 Å². The summed E-state index contributed by atoms with van der Waals surface area (Å²) in [6.45, 7) is 11.8. The Kier molecular flexibility index (Phi) is 8.19. The largest absolute Gasteiger partial charge is 0.0654 e. The van der Waals surface area contributed by atoms with E-state index in [1.165, 1.54) is 51.4 Å². The summed E-state index contributed by atoms with van der Waals surface area (Å²) in [6.07, 6.45) is 10.8. The van der Waals surface area contributed by atoms with Gasteiger partial charge in [0.2, 0.25) is 0 Å². The van der Waals surface area contributed by atoms with E-state index in [2.05, 4.69) is 34.6 Å². The molecule has 91 valence electrons. The molecule has 0 spiro atoms. The highest BCUT2D eigenvalue weighted by atomic mass is 14.3. The summed E-state index contributed by atoms with van der Waals surface area (Å²) in [5.41, 5.74) is 0.485. The quantitative estimate of drug-likeness (QED) is 0.454. The summed E-state index contributed by atoms with van der Waals surface area (Å²) in [6, 6.07) is 0. The molecule has 0 amide bonds. The van der Waals surface area contributed by atoms with Crippen LogP contribution in [0.3, 0.4) is 0 Å². The van der Waals surface area contributed by atoms with Crippen molar-refractivity contribution in [1.82, 2.24) is 0 Å². The lowest BCUT2D eigenvalue weighted by Crippen LogP contribution is -2.22. The molecule has 0 aromatic rings. The molecule has 0 saturated heterocycles. The minimum absolute atomic E-state index is 0.485. The molecule has 0 fully saturated rings. The van der Waals surface area contributed by atoms with E-state index < -0.39 is 0 Å². The highest BCUT2D eigenvalue weighted by Crippen LogP contribution is 2.40. The molecule has 0 heteroatoms. The first-order valence-electron chi connectivity index (χ1n) is 6.93. The number of unbranched alkanes of at least 4 members (excludes halogenated alkanes) is 2. The predicted octanol–water partition coefficient (Wildman–Crippen LogP) is 5.77. The first-order valence-corrected chi connectivity index (χ1v) is 6.93. The maximum Gasteiger partial charge on any atom is -0.0185 e. The molecule has 0 N–H and O–H groups in total. The summed E-state index contributed by atoms with van der Waals surface area (Å²) in [7, 11) is 0. The monoisotopic (exact) mass is 211 g/mol. The molecule has 0 nitrogen and oxygen atoms in total. The molecule has 1 radical (unpaired) electrons. The maximum absolute atomic E-state index is 2.44. The van der Waals surface area contributed by atoms with Crippen molar-refractivity contribution in [3.05, 3.63) is 5.92 Å². The van der Waals surface area contributed by atoms with Crippen LogP contribution in [0.4, 0.5) is 0 Å². The second-order valence-electron chi connectivity index (χ2n) is 5.44. The molecule has 0 bridgehead atoms. The van der Waals surface area contributed by atoms with Crippen LogP contribution in [0.5, 0.6) is 0 Å². The van der Waals surface area contributed by atoms with Crippen LogP contribution in [0.2, 0.25) is 0 Å². The van der Waals surface area contributed by atoms with E-state index in [-0.39, 0.29) is 0 Å². The van der Waals surface area contributed by atoms with Gasteiger partial charge >= 0.3 is 0 Å². The fraction of sp³-hybridized carbons (Fsp3) is 0.933. The van der Waals surface area contributed by atoms with Crippen LogP contribution >= 0.6 is 0 Å². The van der Waals surface area contributed by atoms with E-state index in [0.29, 0.717) is 5.41 Å². The molecule has 0 aliphatic carbocycles. The van der Waals surface area contributed by atoms with E-state index in [1.807, 2.05) is 5.92 Å². The molecule has 0 atom stereocenters. The first kappa shape index (κ1) is 15.0. The Morgan fingerprint density at radius 2 is 1.27 bits per heavy atom. The molecular weight excluding hydrogens is 180 g/mol. The van der Waals surface area contributed by atoms with Crippen molar-refractivity contribution < 1.29 is 0 Å². The third-order valence-electron chi connectivity index (χ3n) is 3.50. The van der Waals surface area contributed by atoms with E-state index in [4.69, 9.17) is 0 Å². The smallest absolute Gasteiger partial charge is 0.0185 e. The van der Waals surface area contributed by atoms with E-state index >= 15 is 0 Å². The standard InChI is InChI=1S/C15H31/c1-6-9-11-14(12-10-7-2)15(4,5)13-8-3/h6-13H2,1-5H3. The summed E-state index contributed by atoms with van der Waals surface area (Å²) in [5.74, 6) is 1.83. The molecule has 0 heterocycles. The van der Waals surface area contributed by atoms with Gasteiger partial charge in [-0.3, -0.25) is 0 Å². The summed E-state index contributed by atoms with van der Waals surface area (Å²) in [5, 5.41) is 0. The van der Waals surface area contributed by atoms with Crippen molar-refractivity contribution in [2.75, 3.05) is 0 Å². The Balaban J connectivity index is 4.17. The van der Waals surface area contributed by atoms with Gasteiger partial charge < -0.3 is 0 Å². The topological polar surface area (TPSA) is 0 Å². The average Bonchev–Trinajstić information content (AvgIpc) is 2.17. The van der Waals surface area contributed by atoms with Crippen molar-refractivity contribution in [2.24, 2.45) is 5.41 Å². The molecule has 0 saturated carbocycles. The van der Waals surface area contributed by atoms with Crippen LogP contribution in [-0.4, -0.2) is 0 Å². The van der Waals surface area contributed by atoms with E-state index in [0.717, 1.165) is 0 Å². The number of hydrogen-bond donors (Lipinski definition) is 0. The Labute approximate surface area is 97.8 Å². The SMILES string of the molecule is CCCC[C](CCCC)C(C)(C)CCC. The van der Waals surface area contributed by atoms with Crippen molar-refractivity contribution >= 4 is 0 Å². The van der Waals surface area contributed by atoms with Crippen LogP contribution < -0.4 is 0 Å². The zero-order chi connectivity index (χ0) is 11.7. The van der Waals surface area contributed by atoms with Crippen molar-refractivity contribution in [3.63, 3.8) is 0 Å². The lowest BCUT2D eigenvalue weighted by molar-refractivity contribution is 0.308. The van der Waals surface area contributed by atoms with Gasteiger partial charge in [-0.25, -0.2) is 0 Å². The van der Waals surface area contributed by atoms with Crippen molar-refractivity contribution in [2.45, 2.75) is 86.0 Å². The van der Waals surface area contributed by atoms with Crippen LogP contribution in [-0.2, 0) is 0 Å². The Morgan fingerprint density at radius 1 is 0.800 bits per heavy atom. The highest BCUT2D eigenvalue weighted by molar-refractivity contribution is 5.02. The lowest BCUT2D eigenvalue weighted by atomic mass is 9.71. The minimum atomic E-state index is 0.485. The lowest BCUT2D eigenvalue weighted by Gasteiger charge is -2.34. The third-order valence-corrected chi connectivity index (χ3v) is 3.50. The van der Waals surface area contributed by atoms with Crippen molar-refractivity contribution in [3.8, 4) is 0 Å². The van der Waals surface area contributed by atoms with Gasteiger partial charge in [-0.2, -0.15) is 0 Å². The molecular formula is C15H31. The summed E-state index contributed by atoms with van der Waals surface area (Å²) >= 11 is 0. The van der Waals surface area contributed by atoms with Crippen LogP contribution in [0.1, 0.15) is 86.0 Å². The van der Waals surface area contributed by atoms with Gasteiger partial charge in [-0.1, -0.05) is 66.7 Å². The fourth-order valence-corrected chi connectivity index (χ4v) is 2.38. The zero-order valence-corrected chi connectivity index (χ0v) is 11.7. The van der Waals surface area contributed by atoms with E-state index in [1.54, 1.807) is 0 Å². The molecule has 15 heavy (non-hydrogen) atoms. The highest BCUT2D eigenvalue weighted by Gasteiger charge is 2.27. The molecule has 0 unspecified atom stereocenters. The molecule has 0 aliphatic heterocycles. The Hall–Kier alpha value is 0.